The summed E-state index contributed by atoms with van der Waals surface area (Å²) < 4.78 is 14.3. The predicted octanol–water partition coefficient (Wildman–Crippen LogP) is 4.81. The van der Waals surface area contributed by atoms with Gasteiger partial charge in [-0.2, -0.15) is 0 Å². The van der Waals surface area contributed by atoms with E-state index in [0.717, 1.165) is 18.7 Å². The van der Waals surface area contributed by atoms with Crippen LogP contribution in [0.25, 0.3) is 0 Å². The molecule has 0 atom stereocenters. The van der Waals surface area contributed by atoms with E-state index in [9.17, 15) is 4.39 Å². The van der Waals surface area contributed by atoms with Gasteiger partial charge in [0.1, 0.15) is 5.82 Å². The summed E-state index contributed by atoms with van der Waals surface area (Å²) in [5.74, 6) is -0.0149. The summed E-state index contributed by atoms with van der Waals surface area (Å²) in [7, 11) is 0. The van der Waals surface area contributed by atoms with Crippen molar-refractivity contribution in [1.82, 2.24) is 5.32 Å². The van der Waals surface area contributed by atoms with E-state index in [1.165, 1.54) is 51.4 Å². The first-order valence-electron chi connectivity index (χ1n) is 8.66. The second-order valence-electron chi connectivity index (χ2n) is 7.31. The quantitative estimate of drug-likeness (QED) is 0.839. The van der Waals surface area contributed by atoms with Crippen LogP contribution in [0.2, 0.25) is 0 Å². The molecule has 1 nitrogen and oxygen atoms in total. The molecule has 2 saturated carbocycles. The number of rotatable bonds is 4. The molecule has 1 aromatic carbocycles. The van der Waals surface area contributed by atoms with Crippen molar-refractivity contribution in [1.29, 1.82) is 0 Å². The molecule has 21 heavy (non-hydrogen) atoms. The Bertz CT molecular complexity index is 466. The molecule has 2 aliphatic carbocycles. The molecule has 0 saturated heterocycles. The minimum absolute atomic E-state index is 0.0149. The van der Waals surface area contributed by atoms with E-state index < -0.39 is 0 Å². The van der Waals surface area contributed by atoms with Crippen molar-refractivity contribution in [3.05, 3.63) is 35.6 Å². The van der Waals surface area contributed by atoms with Crippen LogP contribution < -0.4 is 5.32 Å². The van der Waals surface area contributed by atoms with Crippen molar-refractivity contribution >= 4 is 0 Å². The third kappa shape index (κ3) is 2.88. The zero-order valence-electron chi connectivity index (χ0n) is 13.3. The van der Waals surface area contributed by atoms with E-state index in [2.05, 4.69) is 12.2 Å². The van der Waals surface area contributed by atoms with E-state index in [0.29, 0.717) is 5.41 Å². The SMILES string of the molecule is CCNCC1(c2ccccc2F)CC2(CCCCCC2)C1. The van der Waals surface area contributed by atoms with Crippen LogP contribution in [0.3, 0.4) is 0 Å². The van der Waals surface area contributed by atoms with Crippen LogP contribution in [-0.2, 0) is 5.41 Å². The summed E-state index contributed by atoms with van der Waals surface area (Å²) in [6.07, 6.45) is 10.6. The van der Waals surface area contributed by atoms with Crippen molar-refractivity contribution in [3.63, 3.8) is 0 Å². The Hall–Kier alpha value is -0.890. The first kappa shape index (κ1) is 15.0. The van der Waals surface area contributed by atoms with Crippen molar-refractivity contribution in [2.45, 2.75) is 63.7 Å². The van der Waals surface area contributed by atoms with Crippen LogP contribution in [0.1, 0.15) is 63.9 Å². The number of likely N-dealkylation sites (N-methyl/N-ethyl adjacent to an activating group) is 1. The maximum atomic E-state index is 14.3. The van der Waals surface area contributed by atoms with Crippen LogP contribution >= 0.6 is 0 Å². The summed E-state index contributed by atoms with van der Waals surface area (Å²) in [5, 5.41) is 3.49. The fourth-order valence-corrected chi connectivity index (χ4v) is 4.88. The molecule has 3 rings (SSSR count). The summed E-state index contributed by atoms with van der Waals surface area (Å²) in [4.78, 5) is 0. The van der Waals surface area contributed by atoms with E-state index in [4.69, 9.17) is 0 Å². The molecular weight excluding hydrogens is 261 g/mol. The van der Waals surface area contributed by atoms with Gasteiger partial charge in [0.15, 0.2) is 0 Å². The fourth-order valence-electron chi connectivity index (χ4n) is 4.88. The van der Waals surface area contributed by atoms with E-state index in [-0.39, 0.29) is 11.2 Å². The first-order chi connectivity index (χ1) is 10.2. The van der Waals surface area contributed by atoms with Crippen LogP contribution in [0, 0.1) is 11.2 Å². The Morgan fingerprint density at radius 2 is 1.71 bits per heavy atom. The van der Waals surface area contributed by atoms with Gasteiger partial charge in [-0.15, -0.1) is 0 Å². The van der Waals surface area contributed by atoms with Gasteiger partial charge in [-0.05, 0) is 49.3 Å². The van der Waals surface area contributed by atoms with Crippen molar-refractivity contribution in [2.24, 2.45) is 5.41 Å². The lowest BCUT2D eigenvalue weighted by Gasteiger charge is -2.57. The number of halogens is 1. The average molecular weight is 289 g/mol. The highest BCUT2D eigenvalue weighted by Crippen LogP contribution is 2.61. The lowest BCUT2D eigenvalue weighted by Crippen LogP contribution is -2.55. The molecular formula is C19H28FN. The highest BCUT2D eigenvalue weighted by atomic mass is 19.1. The smallest absolute Gasteiger partial charge is 0.127 e. The van der Waals surface area contributed by atoms with E-state index in [1.54, 1.807) is 12.1 Å². The van der Waals surface area contributed by atoms with Gasteiger partial charge in [-0.3, -0.25) is 0 Å². The van der Waals surface area contributed by atoms with Crippen LogP contribution in [0.5, 0.6) is 0 Å². The van der Waals surface area contributed by atoms with E-state index in [1.807, 2.05) is 12.1 Å². The third-order valence-electron chi connectivity index (χ3n) is 5.75. The largest absolute Gasteiger partial charge is 0.316 e. The predicted molar refractivity (Wildman–Crippen MR) is 86.0 cm³/mol. The Morgan fingerprint density at radius 3 is 2.33 bits per heavy atom. The van der Waals surface area contributed by atoms with Crippen molar-refractivity contribution < 1.29 is 4.39 Å². The minimum atomic E-state index is -0.0149. The summed E-state index contributed by atoms with van der Waals surface area (Å²) in [6.45, 7) is 4.02. The fraction of sp³-hybridized carbons (Fsp3) is 0.684. The molecule has 2 aliphatic rings. The van der Waals surface area contributed by atoms with Crippen molar-refractivity contribution in [3.8, 4) is 0 Å². The Kier molecular flexibility index (Phi) is 4.35. The molecule has 0 unspecified atom stereocenters. The minimum Gasteiger partial charge on any atom is -0.316 e. The van der Waals surface area contributed by atoms with Crippen LogP contribution in [0.15, 0.2) is 24.3 Å². The highest BCUT2D eigenvalue weighted by Gasteiger charge is 2.54. The first-order valence-corrected chi connectivity index (χ1v) is 8.66. The van der Waals surface area contributed by atoms with E-state index >= 15 is 0 Å². The second kappa shape index (κ2) is 6.08. The maximum absolute atomic E-state index is 14.3. The number of benzene rings is 1. The van der Waals surface area contributed by atoms with Crippen LogP contribution in [0.4, 0.5) is 4.39 Å². The van der Waals surface area contributed by atoms with Gasteiger partial charge < -0.3 is 5.32 Å². The third-order valence-corrected chi connectivity index (χ3v) is 5.75. The standard InChI is InChI=1S/C19H28FN/c1-2-21-15-19(16-9-5-6-10-17(16)20)13-18(14-19)11-7-3-4-8-12-18/h5-6,9-10,21H,2-4,7-8,11-15H2,1H3. The Balaban J connectivity index is 1.82. The maximum Gasteiger partial charge on any atom is 0.127 e. The van der Waals surface area contributed by atoms with Gasteiger partial charge in [-0.25, -0.2) is 4.39 Å². The zero-order valence-corrected chi connectivity index (χ0v) is 13.3. The lowest BCUT2D eigenvalue weighted by molar-refractivity contribution is 0.00444. The number of hydrogen-bond donors (Lipinski definition) is 1. The molecule has 1 N–H and O–H groups in total. The molecule has 2 fully saturated rings. The van der Waals surface area contributed by atoms with Gasteiger partial charge in [0.05, 0.1) is 0 Å². The number of nitrogens with one attached hydrogen (secondary N) is 1. The number of hydrogen-bond acceptors (Lipinski definition) is 1. The van der Waals surface area contributed by atoms with Gasteiger partial charge in [0, 0.05) is 12.0 Å². The van der Waals surface area contributed by atoms with Crippen LogP contribution in [-0.4, -0.2) is 13.1 Å². The molecule has 0 radical (unpaired) electrons. The summed E-state index contributed by atoms with van der Waals surface area (Å²) >= 11 is 0. The van der Waals surface area contributed by atoms with Crippen molar-refractivity contribution in [2.75, 3.05) is 13.1 Å². The topological polar surface area (TPSA) is 12.0 Å². The molecule has 116 valence electrons. The molecule has 0 aromatic heterocycles. The molecule has 0 aliphatic heterocycles. The Labute approximate surface area is 128 Å². The monoisotopic (exact) mass is 289 g/mol. The summed E-state index contributed by atoms with van der Waals surface area (Å²) in [5.41, 5.74) is 1.49. The van der Waals surface area contributed by atoms with Gasteiger partial charge >= 0.3 is 0 Å². The normalized spacial score (nSPS) is 23.5. The molecule has 2 heteroatoms. The van der Waals surface area contributed by atoms with Gasteiger partial charge in [0.25, 0.3) is 0 Å². The van der Waals surface area contributed by atoms with Gasteiger partial charge in [-0.1, -0.05) is 50.8 Å². The van der Waals surface area contributed by atoms with Gasteiger partial charge in [0.2, 0.25) is 0 Å². The Morgan fingerprint density at radius 1 is 1.05 bits per heavy atom. The zero-order chi connectivity index (χ0) is 14.8. The average Bonchev–Trinajstić information content (AvgIpc) is 2.70. The molecule has 0 amide bonds. The summed E-state index contributed by atoms with van der Waals surface area (Å²) in [6, 6.07) is 7.43. The highest BCUT2D eigenvalue weighted by molar-refractivity contribution is 5.33. The molecule has 0 heterocycles. The lowest BCUT2D eigenvalue weighted by atomic mass is 9.48. The molecule has 0 bridgehead atoms. The second-order valence-corrected chi connectivity index (χ2v) is 7.31. The molecule has 1 spiro atoms. The molecule has 1 aromatic rings.